The number of benzene rings is 10. The molecule has 0 bridgehead atoms. The van der Waals surface area contributed by atoms with Crippen molar-refractivity contribution in [1.29, 1.82) is 0 Å². The lowest BCUT2D eigenvalue weighted by Gasteiger charge is -2.20. The maximum Gasteiger partial charge on any atom is 0.143 e. The summed E-state index contributed by atoms with van der Waals surface area (Å²) in [4.78, 5) is 0. The monoisotopic (exact) mass is 654 g/mol. The molecule has 0 saturated heterocycles. The maximum atomic E-state index is 9.53. The molecule has 0 unspecified atom stereocenters. The topological polar surface area (TPSA) is 13.1 Å². The SMILES string of the molecule is [2H]c1c([2H])c([2H])c2c(-c3cccc4ccc(-c5cccc6oc7c8ccccc8ccc7c56)cc34)c3c([2H])c([2H])c([2H])c([2H])c3c(-c3cccc4ccccc34)c2c1[2H]. The van der Waals surface area contributed by atoms with Crippen LogP contribution in [0.15, 0.2) is 186 Å². The van der Waals surface area contributed by atoms with Crippen LogP contribution < -0.4 is 0 Å². The minimum Gasteiger partial charge on any atom is -0.455 e. The second kappa shape index (κ2) is 10.9. The van der Waals surface area contributed by atoms with Crippen molar-refractivity contribution in [2.24, 2.45) is 0 Å². The Kier molecular flexibility index (Phi) is 4.57. The highest BCUT2D eigenvalue weighted by Crippen LogP contribution is 2.47. The van der Waals surface area contributed by atoms with Crippen molar-refractivity contribution in [3.05, 3.63) is 182 Å². The molecule has 11 rings (SSSR count). The fourth-order valence-corrected chi connectivity index (χ4v) is 8.06. The van der Waals surface area contributed by atoms with Crippen LogP contribution in [0.4, 0.5) is 0 Å². The van der Waals surface area contributed by atoms with E-state index >= 15 is 0 Å². The van der Waals surface area contributed by atoms with E-state index in [9.17, 15) is 5.48 Å². The first kappa shape index (κ1) is 21.4. The van der Waals surface area contributed by atoms with Gasteiger partial charge in [0.15, 0.2) is 0 Å². The van der Waals surface area contributed by atoms with Gasteiger partial charge in [0, 0.05) is 16.2 Å². The molecule has 236 valence electrons. The summed E-state index contributed by atoms with van der Waals surface area (Å²) in [5.74, 6) is 0. The van der Waals surface area contributed by atoms with E-state index in [0.717, 1.165) is 65.4 Å². The van der Waals surface area contributed by atoms with Gasteiger partial charge in [0.2, 0.25) is 0 Å². The van der Waals surface area contributed by atoms with E-state index in [0.29, 0.717) is 22.3 Å². The highest BCUT2D eigenvalue weighted by atomic mass is 16.3. The molecule has 0 aliphatic heterocycles. The summed E-state index contributed by atoms with van der Waals surface area (Å²) < 4.78 is 80.2. The van der Waals surface area contributed by atoms with Crippen molar-refractivity contribution >= 4 is 75.8 Å². The van der Waals surface area contributed by atoms with E-state index in [1.54, 1.807) is 0 Å². The molecule has 0 aliphatic carbocycles. The lowest BCUT2D eigenvalue weighted by Crippen LogP contribution is -1.92. The largest absolute Gasteiger partial charge is 0.455 e. The predicted molar refractivity (Wildman–Crippen MR) is 218 cm³/mol. The average Bonchev–Trinajstić information content (AvgIpc) is 3.67. The lowest BCUT2D eigenvalue weighted by atomic mass is 9.83. The second-order valence-corrected chi connectivity index (χ2v) is 13.0. The van der Waals surface area contributed by atoms with Gasteiger partial charge in [-0.3, -0.25) is 0 Å². The molecule has 1 heterocycles. The number of rotatable bonds is 3. The normalized spacial score (nSPS) is 14.1. The highest BCUT2D eigenvalue weighted by Gasteiger charge is 2.20. The number of furan rings is 1. The van der Waals surface area contributed by atoms with E-state index in [2.05, 4.69) is 42.5 Å². The van der Waals surface area contributed by atoms with Crippen molar-refractivity contribution in [2.45, 2.75) is 0 Å². The fraction of sp³-hybridized carbons (Fsp3) is 0. The third kappa shape index (κ3) is 4.16. The molecule has 0 fully saturated rings. The van der Waals surface area contributed by atoms with Crippen LogP contribution >= 0.6 is 0 Å². The van der Waals surface area contributed by atoms with Gasteiger partial charge in [-0.05, 0) is 100 Å². The van der Waals surface area contributed by atoms with Gasteiger partial charge in [0.25, 0.3) is 0 Å². The number of fused-ring (bicyclic) bond motifs is 9. The summed E-state index contributed by atoms with van der Waals surface area (Å²) in [7, 11) is 0. The van der Waals surface area contributed by atoms with E-state index in [-0.39, 0.29) is 45.7 Å². The standard InChI is InChI=1S/C50H30O/c1-3-16-35-31(12-1)14-9-23-38(35)47-39-18-5-7-20-41(39)48(42-21-8-6-19-40(42)47)43-24-10-15-33-26-27-34(30-45(33)43)36-22-11-25-46-49(36)44-29-28-32-13-2-4-17-37(32)50(44)51-46/h1-30H/i5D,6D,7D,8D,18D,19D,20D,21D. The van der Waals surface area contributed by atoms with Crippen molar-refractivity contribution in [1.82, 2.24) is 0 Å². The van der Waals surface area contributed by atoms with Gasteiger partial charge in [-0.1, -0.05) is 164 Å². The van der Waals surface area contributed by atoms with Gasteiger partial charge >= 0.3 is 0 Å². The Morgan fingerprint density at radius 3 is 1.57 bits per heavy atom. The molecule has 1 aromatic heterocycles. The first-order chi connectivity index (χ1) is 28.6. The molecule has 0 aliphatic rings. The van der Waals surface area contributed by atoms with Crippen LogP contribution in [-0.4, -0.2) is 0 Å². The third-order valence-corrected chi connectivity index (χ3v) is 10.3. The van der Waals surface area contributed by atoms with Crippen molar-refractivity contribution in [3.63, 3.8) is 0 Å². The van der Waals surface area contributed by atoms with E-state index in [4.69, 9.17) is 9.90 Å². The minimum absolute atomic E-state index is 0.184. The Bertz CT molecular complexity index is 3580. The smallest absolute Gasteiger partial charge is 0.143 e. The van der Waals surface area contributed by atoms with Gasteiger partial charge in [-0.15, -0.1) is 0 Å². The van der Waals surface area contributed by atoms with Crippen molar-refractivity contribution in [3.8, 4) is 33.4 Å². The third-order valence-electron chi connectivity index (χ3n) is 10.3. The van der Waals surface area contributed by atoms with Crippen LogP contribution in [0.3, 0.4) is 0 Å². The zero-order valence-corrected chi connectivity index (χ0v) is 27.1. The van der Waals surface area contributed by atoms with Crippen LogP contribution in [0.2, 0.25) is 0 Å². The van der Waals surface area contributed by atoms with E-state index in [1.807, 2.05) is 91.0 Å². The van der Waals surface area contributed by atoms with Crippen LogP contribution in [0.5, 0.6) is 0 Å². The summed E-state index contributed by atoms with van der Waals surface area (Å²) in [5.41, 5.74) is 5.21. The summed E-state index contributed by atoms with van der Waals surface area (Å²) in [6, 6.07) is 40.7. The number of hydrogen-bond donors (Lipinski definition) is 0. The van der Waals surface area contributed by atoms with Crippen LogP contribution in [-0.2, 0) is 0 Å². The molecule has 0 spiro atoms. The fourth-order valence-electron chi connectivity index (χ4n) is 8.06. The Morgan fingerprint density at radius 1 is 0.373 bits per heavy atom. The van der Waals surface area contributed by atoms with Crippen LogP contribution in [0.1, 0.15) is 11.0 Å². The van der Waals surface area contributed by atoms with Crippen molar-refractivity contribution < 1.29 is 15.4 Å². The molecule has 0 atom stereocenters. The maximum absolute atomic E-state index is 9.53. The molecular weight excluding hydrogens is 617 g/mol. The molecule has 0 N–H and O–H groups in total. The molecule has 1 nitrogen and oxygen atoms in total. The van der Waals surface area contributed by atoms with E-state index in [1.165, 1.54) is 0 Å². The summed E-state index contributed by atoms with van der Waals surface area (Å²) in [6.07, 6.45) is 0. The Hall–Kier alpha value is -6.70. The number of hydrogen-bond acceptors (Lipinski definition) is 1. The van der Waals surface area contributed by atoms with E-state index < -0.39 is 24.2 Å². The summed E-state index contributed by atoms with van der Waals surface area (Å²) in [5, 5.41) is 8.06. The van der Waals surface area contributed by atoms with Gasteiger partial charge in [-0.25, -0.2) is 0 Å². The zero-order chi connectivity index (χ0) is 40.4. The highest BCUT2D eigenvalue weighted by molar-refractivity contribution is 6.26. The molecule has 1 heteroatoms. The van der Waals surface area contributed by atoms with Gasteiger partial charge < -0.3 is 4.42 Å². The zero-order valence-electron chi connectivity index (χ0n) is 35.1. The average molecular weight is 655 g/mol. The minimum atomic E-state index is -0.431. The molecule has 0 radical (unpaired) electrons. The molecule has 51 heavy (non-hydrogen) atoms. The molecule has 0 saturated carbocycles. The Labute approximate surface area is 305 Å². The summed E-state index contributed by atoms with van der Waals surface area (Å²) >= 11 is 0. The second-order valence-electron chi connectivity index (χ2n) is 13.0. The quantitative estimate of drug-likeness (QED) is 0.173. The molecule has 11 aromatic rings. The van der Waals surface area contributed by atoms with Crippen molar-refractivity contribution in [2.75, 3.05) is 0 Å². The molecule has 0 amide bonds. The van der Waals surface area contributed by atoms with Gasteiger partial charge in [0.1, 0.15) is 11.2 Å². The lowest BCUT2D eigenvalue weighted by molar-refractivity contribution is 0.673. The Morgan fingerprint density at radius 2 is 0.882 bits per heavy atom. The molecular formula is C50H30O. The van der Waals surface area contributed by atoms with Crippen LogP contribution in [0, 0.1) is 0 Å². The summed E-state index contributed by atoms with van der Waals surface area (Å²) in [6.45, 7) is 0. The first-order valence-electron chi connectivity index (χ1n) is 20.9. The van der Waals surface area contributed by atoms with Gasteiger partial charge in [-0.2, -0.15) is 0 Å². The molecule has 10 aromatic carbocycles. The first-order valence-corrected chi connectivity index (χ1v) is 16.9. The predicted octanol–water partition coefficient (Wildman–Crippen LogP) is 14.4. The van der Waals surface area contributed by atoms with Crippen LogP contribution in [0.25, 0.3) is 109 Å². The Balaban J connectivity index is 1.31. The van der Waals surface area contributed by atoms with Gasteiger partial charge in [0.05, 0.1) is 11.0 Å².